The molecule has 1 atom stereocenters. The summed E-state index contributed by atoms with van der Waals surface area (Å²) in [6.07, 6.45) is 4.40. The molecule has 0 bridgehead atoms. The average Bonchev–Trinajstić information content (AvgIpc) is 2.58. The maximum atomic E-state index is 10.7. The summed E-state index contributed by atoms with van der Waals surface area (Å²) in [7, 11) is 0. The second-order valence-corrected chi connectivity index (χ2v) is 3.88. The molecule has 1 heterocycles. The lowest BCUT2D eigenvalue weighted by atomic mass is 9.92. The van der Waals surface area contributed by atoms with Crippen LogP contribution in [0.1, 0.15) is 20.0 Å². The topological polar surface area (TPSA) is 47.2 Å². The van der Waals surface area contributed by atoms with Gasteiger partial charge in [-0.3, -0.25) is 0 Å². The van der Waals surface area contributed by atoms with E-state index < -0.39 is 6.17 Å². The molecule has 1 unspecified atom stereocenters. The first-order valence-corrected chi connectivity index (χ1v) is 4.51. The quantitative estimate of drug-likeness (QED) is 0.555. The number of alkyl halides is 1. The van der Waals surface area contributed by atoms with Gasteiger partial charge in [0.15, 0.2) is 6.17 Å². The normalized spacial score (nSPS) is 14.1. The molecule has 0 saturated carbocycles. The molecule has 0 amide bonds. The SMILES string of the molecule is CC(C)(CCl)C(N=O)n1ccnc1. The second-order valence-electron chi connectivity index (χ2n) is 3.61. The van der Waals surface area contributed by atoms with E-state index in [0.717, 1.165) is 0 Å². The Kier molecular flexibility index (Phi) is 3.03. The average molecular weight is 202 g/mol. The van der Waals surface area contributed by atoms with Crippen molar-refractivity contribution in [1.82, 2.24) is 9.55 Å². The van der Waals surface area contributed by atoms with Gasteiger partial charge >= 0.3 is 0 Å². The maximum absolute atomic E-state index is 10.7. The van der Waals surface area contributed by atoms with Crippen LogP contribution < -0.4 is 0 Å². The highest BCUT2D eigenvalue weighted by atomic mass is 35.5. The van der Waals surface area contributed by atoms with Crippen LogP contribution in [-0.4, -0.2) is 15.4 Å². The molecule has 1 rings (SSSR count). The summed E-state index contributed by atoms with van der Waals surface area (Å²) in [6.45, 7) is 3.79. The molecule has 0 aliphatic rings. The van der Waals surface area contributed by atoms with Crippen LogP contribution in [0, 0.1) is 10.3 Å². The monoisotopic (exact) mass is 201 g/mol. The second kappa shape index (κ2) is 3.87. The van der Waals surface area contributed by atoms with Crippen molar-refractivity contribution < 1.29 is 0 Å². The van der Waals surface area contributed by atoms with Crippen molar-refractivity contribution in [2.75, 3.05) is 5.88 Å². The summed E-state index contributed by atoms with van der Waals surface area (Å²) in [5, 5.41) is 3.06. The first-order valence-electron chi connectivity index (χ1n) is 3.97. The molecular weight excluding hydrogens is 190 g/mol. The van der Waals surface area contributed by atoms with Gasteiger partial charge in [0.25, 0.3) is 0 Å². The van der Waals surface area contributed by atoms with Crippen LogP contribution in [0.15, 0.2) is 23.9 Å². The fraction of sp³-hybridized carbons (Fsp3) is 0.625. The zero-order valence-corrected chi connectivity index (χ0v) is 8.40. The van der Waals surface area contributed by atoms with Crippen LogP contribution in [0.3, 0.4) is 0 Å². The fourth-order valence-electron chi connectivity index (χ4n) is 1.08. The van der Waals surface area contributed by atoms with E-state index in [4.69, 9.17) is 11.6 Å². The van der Waals surface area contributed by atoms with Crippen LogP contribution in [0.25, 0.3) is 0 Å². The molecule has 13 heavy (non-hydrogen) atoms. The Hall–Kier alpha value is -0.900. The van der Waals surface area contributed by atoms with Crippen molar-refractivity contribution in [2.24, 2.45) is 10.6 Å². The van der Waals surface area contributed by atoms with Gasteiger partial charge in [0.1, 0.15) is 0 Å². The standard InChI is InChI=1S/C8H12ClN3O/c1-8(2,5-9)7(11-13)12-4-3-10-6-12/h3-4,6-7H,5H2,1-2H3. The molecule has 0 aliphatic carbocycles. The minimum Gasteiger partial charge on any atom is -0.311 e. The van der Waals surface area contributed by atoms with Gasteiger partial charge < -0.3 is 4.57 Å². The highest BCUT2D eigenvalue weighted by Gasteiger charge is 2.31. The van der Waals surface area contributed by atoms with E-state index >= 15 is 0 Å². The Balaban J connectivity index is 2.92. The van der Waals surface area contributed by atoms with E-state index in [1.165, 1.54) is 0 Å². The molecule has 0 spiro atoms. The van der Waals surface area contributed by atoms with Gasteiger partial charge in [0.2, 0.25) is 0 Å². The highest BCUT2D eigenvalue weighted by molar-refractivity contribution is 6.18. The van der Waals surface area contributed by atoms with E-state index in [9.17, 15) is 4.91 Å². The summed E-state index contributed by atoms with van der Waals surface area (Å²) in [5.41, 5.74) is -0.357. The Bertz CT molecular complexity index is 271. The third-order valence-electron chi connectivity index (χ3n) is 1.95. The van der Waals surface area contributed by atoms with Crippen molar-refractivity contribution in [1.29, 1.82) is 0 Å². The summed E-state index contributed by atoms with van der Waals surface area (Å²) in [5.74, 6) is 0.377. The van der Waals surface area contributed by atoms with Crippen molar-refractivity contribution in [3.05, 3.63) is 23.6 Å². The molecule has 0 fully saturated rings. The summed E-state index contributed by atoms with van der Waals surface area (Å²) >= 11 is 5.75. The number of halogens is 1. The van der Waals surface area contributed by atoms with E-state index in [1.807, 2.05) is 13.8 Å². The fourth-order valence-corrected chi connectivity index (χ4v) is 1.22. The molecule has 1 aromatic heterocycles. The predicted molar refractivity (Wildman–Crippen MR) is 51.6 cm³/mol. The molecular formula is C8H12ClN3O. The number of rotatable bonds is 4. The largest absolute Gasteiger partial charge is 0.311 e. The van der Waals surface area contributed by atoms with E-state index in [0.29, 0.717) is 5.88 Å². The number of hydrogen-bond donors (Lipinski definition) is 0. The molecule has 5 heteroatoms. The molecule has 0 saturated heterocycles. The molecule has 0 radical (unpaired) electrons. The van der Waals surface area contributed by atoms with E-state index in [1.54, 1.807) is 23.3 Å². The van der Waals surface area contributed by atoms with Crippen LogP contribution >= 0.6 is 11.6 Å². The molecule has 0 N–H and O–H groups in total. The van der Waals surface area contributed by atoms with Crippen LogP contribution in [0.5, 0.6) is 0 Å². The highest BCUT2D eigenvalue weighted by Crippen LogP contribution is 2.32. The Labute approximate surface area is 81.9 Å². The minimum absolute atomic E-state index is 0.357. The lowest BCUT2D eigenvalue weighted by Crippen LogP contribution is -2.26. The van der Waals surface area contributed by atoms with Gasteiger partial charge in [0.05, 0.1) is 6.33 Å². The van der Waals surface area contributed by atoms with Crippen molar-refractivity contribution >= 4 is 11.6 Å². The number of imidazole rings is 1. The Morgan fingerprint density at radius 2 is 2.38 bits per heavy atom. The molecule has 0 aliphatic heterocycles. The number of nitrogens with zero attached hydrogens (tertiary/aromatic N) is 3. The number of hydrogen-bond acceptors (Lipinski definition) is 3. The van der Waals surface area contributed by atoms with Crippen LogP contribution in [0.4, 0.5) is 0 Å². The molecule has 0 aromatic carbocycles. The molecule has 1 aromatic rings. The van der Waals surface area contributed by atoms with E-state index in [2.05, 4.69) is 10.2 Å². The van der Waals surface area contributed by atoms with Crippen LogP contribution in [0.2, 0.25) is 0 Å². The predicted octanol–water partition coefficient (Wildman–Crippen LogP) is 2.41. The zero-order valence-electron chi connectivity index (χ0n) is 7.64. The maximum Gasteiger partial charge on any atom is 0.174 e. The Morgan fingerprint density at radius 3 is 2.77 bits per heavy atom. The zero-order chi connectivity index (χ0) is 9.90. The molecule has 4 nitrogen and oxygen atoms in total. The molecule has 72 valence electrons. The van der Waals surface area contributed by atoms with E-state index in [-0.39, 0.29) is 5.41 Å². The first-order chi connectivity index (χ1) is 6.11. The van der Waals surface area contributed by atoms with Gasteiger partial charge in [-0.15, -0.1) is 16.5 Å². The van der Waals surface area contributed by atoms with Crippen LogP contribution in [-0.2, 0) is 0 Å². The van der Waals surface area contributed by atoms with Crippen molar-refractivity contribution in [2.45, 2.75) is 20.0 Å². The lowest BCUT2D eigenvalue weighted by Gasteiger charge is -2.27. The first kappa shape index (κ1) is 10.2. The Morgan fingerprint density at radius 1 is 1.69 bits per heavy atom. The third kappa shape index (κ3) is 2.06. The van der Waals surface area contributed by atoms with Gasteiger partial charge in [-0.1, -0.05) is 13.8 Å². The smallest absolute Gasteiger partial charge is 0.174 e. The number of aromatic nitrogens is 2. The summed E-state index contributed by atoms with van der Waals surface area (Å²) in [4.78, 5) is 14.5. The lowest BCUT2D eigenvalue weighted by molar-refractivity contribution is 0.254. The van der Waals surface area contributed by atoms with Gasteiger partial charge in [-0.25, -0.2) is 4.98 Å². The summed E-state index contributed by atoms with van der Waals surface area (Å²) in [6, 6.07) is 0. The van der Waals surface area contributed by atoms with Crippen molar-refractivity contribution in [3.8, 4) is 0 Å². The van der Waals surface area contributed by atoms with Crippen molar-refractivity contribution in [3.63, 3.8) is 0 Å². The van der Waals surface area contributed by atoms with Gasteiger partial charge in [-0.2, -0.15) is 0 Å². The van der Waals surface area contributed by atoms with Gasteiger partial charge in [-0.05, 0) is 5.18 Å². The minimum atomic E-state index is -0.493. The third-order valence-corrected chi connectivity index (χ3v) is 2.64. The summed E-state index contributed by atoms with van der Waals surface area (Å²) < 4.78 is 1.66. The number of nitroso groups, excluding NO2 is 1. The van der Waals surface area contributed by atoms with Gasteiger partial charge in [0, 0.05) is 23.7 Å².